The fourth-order valence-electron chi connectivity index (χ4n) is 2.73. The van der Waals surface area contributed by atoms with E-state index in [-0.39, 0.29) is 11.9 Å². The number of hydrogen-bond donors (Lipinski definition) is 2. The molecule has 1 aromatic heterocycles. The van der Waals surface area contributed by atoms with E-state index in [0.29, 0.717) is 10.9 Å². The highest BCUT2D eigenvalue weighted by Gasteiger charge is 2.27. The van der Waals surface area contributed by atoms with E-state index in [4.69, 9.17) is 0 Å². The van der Waals surface area contributed by atoms with Crippen molar-refractivity contribution in [2.24, 2.45) is 11.8 Å². The molecule has 0 aromatic carbocycles. The summed E-state index contributed by atoms with van der Waals surface area (Å²) in [5.74, 6) is 1.22. The standard InChI is InChI=1S/C14H24N4OS/c1-4-7-15-14-18-17-13(20-14)12(19)16-11-6-5-9(2)8-10(11)3/h9-11H,4-8H2,1-3H3,(H,15,18)(H,16,19). The summed E-state index contributed by atoms with van der Waals surface area (Å²) in [4.78, 5) is 12.2. The van der Waals surface area contributed by atoms with E-state index < -0.39 is 0 Å². The first kappa shape index (κ1) is 15.2. The zero-order valence-corrected chi connectivity index (χ0v) is 13.3. The Kier molecular flexibility index (Phi) is 5.34. The maximum atomic E-state index is 12.2. The second-order valence-corrected chi connectivity index (χ2v) is 6.79. The van der Waals surface area contributed by atoms with Crippen LogP contribution in [0.1, 0.15) is 56.3 Å². The minimum Gasteiger partial charge on any atom is -0.360 e. The highest BCUT2D eigenvalue weighted by Crippen LogP contribution is 2.29. The van der Waals surface area contributed by atoms with Gasteiger partial charge in [-0.15, -0.1) is 10.2 Å². The zero-order valence-electron chi connectivity index (χ0n) is 12.5. The molecule has 6 heteroatoms. The second-order valence-electron chi connectivity index (χ2n) is 5.81. The first-order valence-electron chi connectivity index (χ1n) is 7.48. The number of rotatable bonds is 5. The van der Waals surface area contributed by atoms with Gasteiger partial charge >= 0.3 is 0 Å². The lowest BCUT2D eigenvalue weighted by molar-refractivity contribution is 0.0898. The van der Waals surface area contributed by atoms with Gasteiger partial charge in [0.05, 0.1) is 0 Å². The SMILES string of the molecule is CCCNc1nnc(C(=O)NC2CCC(C)CC2C)s1. The van der Waals surface area contributed by atoms with Crippen molar-refractivity contribution in [3.05, 3.63) is 5.01 Å². The molecule has 112 valence electrons. The van der Waals surface area contributed by atoms with Crippen LogP contribution in [0.2, 0.25) is 0 Å². The third-order valence-electron chi connectivity index (χ3n) is 3.89. The Bertz CT molecular complexity index is 448. The molecule has 1 aliphatic carbocycles. The normalized spacial score (nSPS) is 26.2. The van der Waals surface area contributed by atoms with Crippen LogP contribution in [0, 0.1) is 11.8 Å². The minimum absolute atomic E-state index is 0.0848. The molecule has 1 amide bonds. The highest BCUT2D eigenvalue weighted by molar-refractivity contribution is 7.17. The van der Waals surface area contributed by atoms with Crippen molar-refractivity contribution in [2.75, 3.05) is 11.9 Å². The van der Waals surface area contributed by atoms with Crippen LogP contribution in [-0.2, 0) is 0 Å². The van der Waals surface area contributed by atoms with Gasteiger partial charge in [-0.05, 0) is 37.5 Å². The summed E-state index contributed by atoms with van der Waals surface area (Å²) in [6.45, 7) is 7.45. The molecule has 0 spiro atoms. The summed E-state index contributed by atoms with van der Waals surface area (Å²) >= 11 is 1.33. The number of anilines is 1. The van der Waals surface area contributed by atoms with Gasteiger partial charge in [0, 0.05) is 12.6 Å². The molecule has 3 unspecified atom stereocenters. The number of aromatic nitrogens is 2. The van der Waals surface area contributed by atoms with Gasteiger partial charge in [0.1, 0.15) is 0 Å². The number of carbonyl (C=O) groups is 1. The third kappa shape index (κ3) is 3.91. The zero-order chi connectivity index (χ0) is 14.5. The molecule has 1 aliphatic rings. The van der Waals surface area contributed by atoms with E-state index in [1.165, 1.54) is 24.2 Å². The number of nitrogens with one attached hydrogen (secondary N) is 2. The topological polar surface area (TPSA) is 66.9 Å². The Balaban J connectivity index is 1.89. The third-order valence-corrected chi connectivity index (χ3v) is 4.77. The van der Waals surface area contributed by atoms with Gasteiger partial charge in [-0.1, -0.05) is 32.1 Å². The Morgan fingerprint density at radius 2 is 2.15 bits per heavy atom. The molecular weight excluding hydrogens is 272 g/mol. The van der Waals surface area contributed by atoms with E-state index in [1.807, 2.05) is 0 Å². The van der Waals surface area contributed by atoms with E-state index in [2.05, 4.69) is 41.6 Å². The van der Waals surface area contributed by atoms with E-state index in [0.717, 1.165) is 30.4 Å². The van der Waals surface area contributed by atoms with Crippen LogP contribution in [0.3, 0.4) is 0 Å². The lowest BCUT2D eigenvalue weighted by atomic mass is 9.80. The Morgan fingerprint density at radius 3 is 2.85 bits per heavy atom. The van der Waals surface area contributed by atoms with Crippen molar-refractivity contribution in [1.29, 1.82) is 0 Å². The van der Waals surface area contributed by atoms with Crippen LogP contribution in [0.15, 0.2) is 0 Å². The summed E-state index contributed by atoms with van der Waals surface area (Å²) in [6, 6.07) is 0.273. The smallest absolute Gasteiger partial charge is 0.282 e. The van der Waals surface area contributed by atoms with Crippen molar-refractivity contribution >= 4 is 22.4 Å². The molecule has 0 bridgehead atoms. The molecule has 0 saturated heterocycles. The minimum atomic E-state index is -0.0848. The second kappa shape index (κ2) is 7.02. The predicted molar refractivity (Wildman–Crippen MR) is 82.1 cm³/mol. The lowest BCUT2D eigenvalue weighted by Gasteiger charge is -2.32. The van der Waals surface area contributed by atoms with Gasteiger partial charge in [0.2, 0.25) is 10.1 Å². The molecule has 1 saturated carbocycles. The van der Waals surface area contributed by atoms with Gasteiger partial charge in [0.25, 0.3) is 5.91 Å². The quantitative estimate of drug-likeness (QED) is 0.876. The van der Waals surface area contributed by atoms with Crippen LogP contribution < -0.4 is 10.6 Å². The fourth-order valence-corrected chi connectivity index (χ4v) is 3.40. The van der Waals surface area contributed by atoms with Gasteiger partial charge in [-0.3, -0.25) is 4.79 Å². The molecule has 0 radical (unpaired) electrons. The lowest BCUT2D eigenvalue weighted by Crippen LogP contribution is -2.42. The first-order valence-corrected chi connectivity index (χ1v) is 8.30. The molecule has 20 heavy (non-hydrogen) atoms. The molecule has 2 rings (SSSR count). The average molecular weight is 296 g/mol. The number of nitrogens with zero attached hydrogens (tertiary/aromatic N) is 2. The van der Waals surface area contributed by atoms with Crippen molar-refractivity contribution in [1.82, 2.24) is 15.5 Å². The van der Waals surface area contributed by atoms with Gasteiger partial charge in [-0.25, -0.2) is 0 Å². The van der Waals surface area contributed by atoms with Crippen LogP contribution in [0.4, 0.5) is 5.13 Å². The molecule has 0 aliphatic heterocycles. The average Bonchev–Trinajstić information content (AvgIpc) is 2.88. The largest absolute Gasteiger partial charge is 0.360 e. The van der Waals surface area contributed by atoms with E-state index >= 15 is 0 Å². The van der Waals surface area contributed by atoms with Gasteiger partial charge in [-0.2, -0.15) is 0 Å². The predicted octanol–water partition coefficient (Wildman–Crippen LogP) is 2.91. The van der Waals surface area contributed by atoms with Crippen molar-refractivity contribution in [2.45, 2.75) is 52.5 Å². The van der Waals surface area contributed by atoms with Crippen molar-refractivity contribution < 1.29 is 4.79 Å². The molecule has 1 aromatic rings. The molecule has 5 nitrogen and oxygen atoms in total. The van der Waals surface area contributed by atoms with Crippen molar-refractivity contribution in [3.63, 3.8) is 0 Å². The number of amides is 1. The van der Waals surface area contributed by atoms with Gasteiger partial charge < -0.3 is 10.6 Å². The highest BCUT2D eigenvalue weighted by atomic mass is 32.1. The summed E-state index contributed by atoms with van der Waals surface area (Å²) < 4.78 is 0. The van der Waals surface area contributed by atoms with Crippen molar-refractivity contribution in [3.8, 4) is 0 Å². The summed E-state index contributed by atoms with van der Waals surface area (Å²) in [5.41, 5.74) is 0. The Morgan fingerprint density at radius 1 is 1.35 bits per heavy atom. The maximum Gasteiger partial charge on any atom is 0.282 e. The fraction of sp³-hybridized carbons (Fsp3) is 0.786. The molecule has 2 N–H and O–H groups in total. The molecule has 1 heterocycles. The van der Waals surface area contributed by atoms with Crippen LogP contribution in [0.5, 0.6) is 0 Å². The molecule has 1 fully saturated rings. The summed E-state index contributed by atoms with van der Waals surface area (Å²) in [7, 11) is 0. The van der Waals surface area contributed by atoms with Crippen LogP contribution in [0.25, 0.3) is 0 Å². The molecule has 3 atom stereocenters. The summed E-state index contributed by atoms with van der Waals surface area (Å²) in [6.07, 6.45) is 4.46. The van der Waals surface area contributed by atoms with Crippen LogP contribution in [-0.4, -0.2) is 28.7 Å². The number of carbonyl (C=O) groups excluding carboxylic acids is 1. The first-order chi connectivity index (χ1) is 9.60. The monoisotopic (exact) mass is 296 g/mol. The van der Waals surface area contributed by atoms with Crippen LogP contribution >= 0.6 is 11.3 Å². The number of hydrogen-bond acceptors (Lipinski definition) is 5. The Labute approximate surface area is 124 Å². The van der Waals surface area contributed by atoms with E-state index in [9.17, 15) is 4.79 Å². The van der Waals surface area contributed by atoms with E-state index in [1.54, 1.807) is 0 Å². The molecular formula is C14H24N4OS. The summed E-state index contributed by atoms with van der Waals surface area (Å²) in [5, 5.41) is 15.4. The van der Waals surface area contributed by atoms with Gasteiger partial charge in [0.15, 0.2) is 0 Å². The maximum absolute atomic E-state index is 12.2. The Hall–Kier alpha value is -1.17.